The fraction of sp³-hybridized carbons (Fsp3) is 0.0952. The first-order chi connectivity index (χ1) is 15.2. The molecule has 0 aliphatic carbocycles. The van der Waals surface area contributed by atoms with Crippen LogP contribution in [0.25, 0.3) is 16.8 Å². The van der Waals surface area contributed by atoms with E-state index in [0.717, 1.165) is 12.1 Å². The van der Waals surface area contributed by atoms with E-state index < -0.39 is 26.6 Å². The Bertz CT molecular complexity index is 1520. The largest absolute Gasteiger partial charge is 0.480 e. The van der Waals surface area contributed by atoms with Crippen LogP contribution in [0, 0.1) is 18.6 Å². The summed E-state index contributed by atoms with van der Waals surface area (Å²) in [6.07, 6.45) is 2.98. The molecule has 3 heterocycles. The first-order valence-electron chi connectivity index (χ1n) is 9.20. The number of halogens is 2. The highest BCUT2D eigenvalue weighted by molar-refractivity contribution is 7.92. The second-order valence-corrected chi connectivity index (χ2v) is 8.49. The molecule has 0 aliphatic rings. The molecule has 0 radical (unpaired) electrons. The number of nitrogens with zero attached hydrogens (tertiary/aromatic N) is 3. The fourth-order valence-electron chi connectivity index (χ4n) is 3.13. The van der Waals surface area contributed by atoms with Crippen LogP contribution in [0.3, 0.4) is 0 Å². The lowest BCUT2D eigenvalue weighted by Gasteiger charge is -2.13. The van der Waals surface area contributed by atoms with E-state index in [2.05, 4.69) is 14.7 Å². The Morgan fingerprint density at radius 2 is 1.84 bits per heavy atom. The number of rotatable bonds is 5. The van der Waals surface area contributed by atoms with Crippen LogP contribution in [-0.2, 0) is 10.0 Å². The molecule has 0 unspecified atom stereocenters. The van der Waals surface area contributed by atoms with Crippen molar-refractivity contribution < 1.29 is 21.9 Å². The van der Waals surface area contributed by atoms with Gasteiger partial charge in [0, 0.05) is 41.3 Å². The molecule has 0 bridgehead atoms. The number of fused-ring (bicyclic) bond motifs is 1. The molecule has 0 saturated heterocycles. The van der Waals surface area contributed by atoms with E-state index in [1.54, 1.807) is 25.3 Å². The highest BCUT2D eigenvalue weighted by atomic mass is 32.2. The molecule has 3 aromatic heterocycles. The third kappa shape index (κ3) is 4.02. The third-order valence-corrected chi connectivity index (χ3v) is 5.99. The van der Waals surface area contributed by atoms with Crippen LogP contribution in [-0.4, -0.2) is 29.9 Å². The van der Waals surface area contributed by atoms with Gasteiger partial charge >= 0.3 is 0 Å². The molecule has 32 heavy (non-hydrogen) atoms. The van der Waals surface area contributed by atoms with Gasteiger partial charge in [-0.1, -0.05) is 0 Å². The van der Waals surface area contributed by atoms with Crippen molar-refractivity contribution in [3.8, 4) is 17.0 Å². The Morgan fingerprint density at radius 3 is 2.56 bits per heavy atom. The Labute approximate surface area is 181 Å². The van der Waals surface area contributed by atoms with Gasteiger partial charge in [0.05, 0.1) is 7.11 Å². The molecular formula is C21H16F2N4O4S. The maximum absolute atomic E-state index is 14.0. The summed E-state index contributed by atoms with van der Waals surface area (Å²) in [5.41, 5.74) is 1.70. The Kier molecular flexibility index (Phi) is 5.35. The van der Waals surface area contributed by atoms with E-state index in [9.17, 15) is 22.0 Å². The minimum atomic E-state index is -4.42. The van der Waals surface area contributed by atoms with Crippen LogP contribution < -0.4 is 15.0 Å². The average Bonchev–Trinajstić information content (AvgIpc) is 2.73. The molecule has 0 spiro atoms. The second kappa shape index (κ2) is 8.00. The van der Waals surface area contributed by atoms with Gasteiger partial charge in [-0.3, -0.25) is 13.9 Å². The van der Waals surface area contributed by atoms with Crippen molar-refractivity contribution in [1.29, 1.82) is 0 Å². The smallest absolute Gasteiger partial charge is 0.264 e. The van der Waals surface area contributed by atoms with Crippen molar-refractivity contribution in [2.45, 2.75) is 11.8 Å². The lowest BCUT2D eigenvalue weighted by atomic mass is 10.1. The van der Waals surface area contributed by atoms with Crippen LogP contribution >= 0.6 is 0 Å². The van der Waals surface area contributed by atoms with Gasteiger partial charge in [0.1, 0.15) is 27.9 Å². The van der Waals surface area contributed by atoms with Crippen molar-refractivity contribution in [1.82, 2.24) is 14.4 Å². The predicted molar refractivity (Wildman–Crippen MR) is 113 cm³/mol. The van der Waals surface area contributed by atoms with Crippen LogP contribution in [0.5, 0.6) is 5.88 Å². The van der Waals surface area contributed by atoms with Gasteiger partial charge in [-0.2, -0.15) is 0 Å². The molecular weight excluding hydrogens is 442 g/mol. The molecule has 0 fully saturated rings. The zero-order chi connectivity index (χ0) is 23.0. The monoisotopic (exact) mass is 458 g/mol. The van der Waals surface area contributed by atoms with Crippen LogP contribution in [0.2, 0.25) is 0 Å². The number of benzene rings is 1. The first-order valence-corrected chi connectivity index (χ1v) is 10.7. The number of aromatic nitrogens is 3. The van der Waals surface area contributed by atoms with Gasteiger partial charge in [0.15, 0.2) is 0 Å². The minimum absolute atomic E-state index is 0.0601. The molecule has 0 atom stereocenters. The summed E-state index contributed by atoms with van der Waals surface area (Å²) in [6, 6.07) is 8.30. The normalized spacial score (nSPS) is 11.5. The zero-order valence-corrected chi connectivity index (χ0v) is 17.7. The molecule has 1 aromatic carbocycles. The summed E-state index contributed by atoms with van der Waals surface area (Å²) < 4.78 is 61.3. The van der Waals surface area contributed by atoms with E-state index in [0.29, 0.717) is 28.5 Å². The minimum Gasteiger partial charge on any atom is -0.480 e. The number of ether oxygens (including phenoxy) is 1. The van der Waals surface area contributed by atoms with Crippen molar-refractivity contribution in [3.63, 3.8) is 0 Å². The SMILES string of the molecule is COc1ncc(-c2ccc3nc(C)cc(=O)n3c2)cc1NS(=O)(=O)c1ccc(F)cc1F. The summed E-state index contributed by atoms with van der Waals surface area (Å²) in [7, 11) is -3.12. The number of methoxy groups -OCH3 is 1. The molecule has 0 saturated carbocycles. The summed E-state index contributed by atoms with van der Waals surface area (Å²) in [6.45, 7) is 1.71. The van der Waals surface area contributed by atoms with E-state index in [-0.39, 0.29) is 17.1 Å². The maximum atomic E-state index is 14.0. The van der Waals surface area contributed by atoms with Gasteiger partial charge in [-0.25, -0.2) is 27.2 Å². The number of anilines is 1. The lowest BCUT2D eigenvalue weighted by molar-refractivity contribution is 0.400. The quantitative estimate of drug-likeness (QED) is 0.493. The second-order valence-electron chi connectivity index (χ2n) is 6.84. The summed E-state index contributed by atoms with van der Waals surface area (Å²) in [4.78, 5) is 19.9. The average molecular weight is 458 g/mol. The molecule has 8 nitrogen and oxygen atoms in total. The highest BCUT2D eigenvalue weighted by Crippen LogP contribution is 2.30. The van der Waals surface area contributed by atoms with Crippen molar-refractivity contribution in [2.24, 2.45) is 0 Å². The van der Waals surface area contributed by atoms with E-state index in [4.69, 9.17) is 4.74 Å². The third-order valence-electron chi connectivity index (χ3n) is 4.59. The first kappa shape index (κ1) is 21.4. The van der Waals surface area contributed by atoms with Crippen molar-refractivity contribution in [3.05, 3.63) is 82.5 Å². The Morgan fingerprint density at radius 1 is 1.06 bits per heavy atom. The van der Waals surface area contributed by atoms with Crippen LogP contribution in [0.15, 0.2) is 64.5 Å². The number of nitrogens with one attached hydrogen (secondary N) is 1. The molecule has 1 N–H and O–H groups in total. The topological polar surface area (TPSA) is 103 Å². The fourth-order valence-corrected chi connectivity index (χ4v) is 4.24. The maximum Gasteiger partial charge on any atom is 0.264 e. The molecule has 4 rings (SSSR count). The van der Waals surface area contributed by atoms with Crippen molar-refractivity contribution >= 4 is 21.4 Å². The van der Waals surface area contributed by atoms with Crippen LogP contribution in [0.4, 0.5) is 14.5 Å². The number of aryl methyl sites for hydroxylation is 1. The Hall–Kier alpha value is -3.86. The molecule has 164 valence electrons. The highest BCUT2D eigenvalue weighted by Gasteiger charge is 2.22. The number of hydrogen-bond acceptors (Lipinski definition) is 6. The predicted octanol–water partition coefficient (Wildman–Crippen LogP) is 3.15. The molecule has 11 heteroatoms. The van der Waals surface area contributed by atoms with E-state index in [1.165, 1.54) is 29.8 Å². The van der Waals surface area contributed by atoms with Gasteiger partial charge in [0.25, 0.3) is 15.6 Å². The summed E-state index contributed by atoms with van der Waals surface area (Å²) >= 11 is 0. The summed E-state index contributed by atoms with van der Waals surface area (Å²) in [5, 5.41) is 0. The van der Waals surface area contributed by atoms with Gasteiger partial charge < -0.3 is 4.74 Å². The lowest BCUT2D eigenvalue weighted by Crippen LogP contribution is -2.16. The van der Waals surface area contributed by atoms with E-state index >= 15 is 0 Å². The summed E-state index contributed by atoms with van der Waals surface area (Å²) in [5.74, 6) is -2.20. The molecule has 0 aliphatic heterocycles. The number of pyridine rings is 2. The standard InChI is InChI=1S/C21H16F2N4O4S/c1-12-7-20(28)27-11-13(3-6-19(27)25-12)14-8-17(21(31-2)24-10-14)26-32(29,30)18-5-4-15(22)9-16(18)23/h3-11,26H,1-2H3. The Balaban J connectivity index is 1.78. The number of sulfonamides is 1. The van der Waals surface area contributed by atoms with Gasteiger partial charge in [0.2, 0.25) is 5.88 Å². The van der Waals surface area contributed by atoms with Crippen LogP contribution in [0.1, 0.15) is 5.69 Å². The molecule has 4 aromatic rings. The van der Waals surface area contributed by atoms with Gasteiger partial charge in [-0.05, 0) is 37.3 Å². The number of hydrogen-bond donors (Lipinski definition) is 1. The molecule has 0 amide bonds. The van der Waals surface area contributed by atoms with E-state index in [1.807, 2.05) is 0 Å². The van der Waals surface area contributed by atoms with Crippen molar-refractivity contribution in [2.75, 3.05) is 11.8 Å². The zero-order valence-electron chi connectivity index (χ0n) is 16.8. The van der Waals surface area contributed by atoms with Gasteiger partial charge in [-0.15, -0.1) is 0 Å².